The van der Waals surface area contributed by atoms with Gasteiger partial charge in [0.05, 0.1) is 12.3 Å². The number of nitrogens with zero attached hydrogens (tertiary/aromatic N) is 1. The number of hydrogen-bond donors (Lipinski definition) is 1. The largest absolute Gasteiger partial charge is 0.388 e. The molecule has 0 spiro atoms. The van der Waals surface area contributed by atoms with Crippen LogP contribution in [0.15, 0.2) is 18.5 Å². The van der Waals surface area contributed by atoms with Gasteiger partial charge in [-0.25, -0.2) is 4.39 Å². The van der Waals surface area contributed by atoms with Crippen molar-refractivity contribution in [3.63, 3.8) is 0 Å². The second-order valence-corrected chi connectivity index (χ2v) is 5.46. The molecule has 1 aromatic rings. The SMILES string of the molecule is C.CCC[C@H]1CCC[C@H]([C@H](O)c2cncc(F)c2)C1. The second kappa shape index (κ2) is 7.59. The van der Waals surface area contributed by atoms with Crippen LogP contribution in [0.1, 0.15) is 64.5 Å². The van der Waals surface area contributed by atoms with E-state index in [0.717, 1.165) is 18.8 Å². The van der Waals surface area contributed by atoms with Crippen LogP contribution in [-0.2, 0) is 0 Å². The van der Waals surface area contributed by atoms with Gasteiger partial charge in [-0.15, -0.1) is 0 Å². The van der Waals surface area contributed by atoms with Crippen molar-refractivity contribution in [2.24, 2.45) is 11.8 Å². The summed E-state index contributed by atoms with van der Waals surface area (Å²) in [6, 6.07) is 1.40. The highest BCUT2D eigenvalue weighted by Crippen LogP contribution is 2.38. The standard InChI is InChI=1S/C15H22FNO.CH4/c1-2-4-11-5-3-6-12(7-11)15(18)13-8-14(16)10-17-9-13;/h8-12,15,18H,2-7H2,1H3;1H4/t11-,12-,15-;/m0./s1. The Morgan fingerprint density at radius 1 is 1.42 bits per heavy atom. The summed E-state index contributed by atoms with van der Waals surface area (Å²) in [7, 11) is 0. The molecule has 108 valence electrons. The van der Waals surface area contributed by atoms with Gasteiger partial charge in [-0.05, 0) is 30.7 Å². The molecule has 0 bridgehead atoms. The molecule has 1 aliphatic carbocycles. The van der Waals surface area contributed by atoms with Crippen molar-refractivity contribution >= 4 is 0 Å². The van der Waals surface area contributed by atoms with E-state index in [1.807, 2.05) is 0 Å². The molecule has 0 saturated heterocycles. The number of aliphatic hydroxyl groups is 1. The molecule has 1 saturated carbocycles. The van der Waals surface area contributed by atoms with Gasteiger partial charge in [0, 0.05) is 11.8 Å². The van der Waals surface area contributed by atoms with E-state index in [-0.39, 0.29) is 19.2 Å². The average Bonchev–Trinajstić information content (AvgIpc) is 2.39. The second-order valence-electron chi connectivity index (χ2n) is 5.46. The quantitative estimate of drug-likeness (QED) is 0.871. The first-order valence-electron chi connectivity index (χ1n) is 6.99. The number of aliphatic hydroxyl groups excluding tert-OH is 1. The van der Waals surface area contributed by atoms with Crippen LogP contribution >= 0.6 is 0 Å². The van der Waals surface area contributed by atoms with Crippen molar-refractivity contribution in [1.29, 1.82) is 0 Å². The maximum absolute atomic E-state index is 13.1. The van der Waals surface area contributed by atoms with E-state index >= 15 is 0 Å². The van der Waals surface area contributed by atoms with Crippen molar-refractivity contribution in [2.75, 3.05) is 0 Å². The molecule has 1 fully saturated rings. The molecule has 0 aromatic carbocycles. The highest BCUT2D eigenvalue weighted by molar-refractivity contribution is 5.14. The predicted molar refractivity (Wildman–Crippen MR) is 76.2 cm³/mol. The van der Waals surface area contributed by atoms with Crippen LogP contribution in [0, 0.1) is 17.7 Å². The zero-order chi connectivity index (χ0) is 13.0. The molecule has 0 aliphatic heterocycles. The Hall–Kier alpha value is -0.960. The molecule has 1 aromatic heterocycles. The Balaban J connectivity index is 0.00000180. The Kier molecular flexibility index (Phi) is 6.43. The third-order valence-corrected chi connectivity index (χ3v) is 4.03. The van der Waals surface area contributed by atoms with Crippen molar-refractivity contribution in [3.8, 4) is 0 Å². The Morgan fingerprint density at radius 3 is 2.89 bits per heavy atom. The third kappa shape index (κ3) is 4.27. The highest BCUT2D eigenvalue weighted by Gasteiger charge is 2.28. The van der Waals surface area contributed by atoms with Gasteiger partial charge in [-0.3, -0.25) is 4.98 Å². The zero-order valence-corrected chi connectivity index (χ0v) is 11.0. The normalized spacial score (nSPS) is 24.6. The lowest BCUT2D eigenvalue weighted by Gasteiger charge is -2.32. The van der Waals surface area contributed by atoms with Gasteiger partial charge in [-0.2, -0.15) is 0 Å². The molecule has 0 amide bonds. The number of pyridine rings is 1. The van der Waals surface area contributed by atoms with Crippen LogP contribution < -0.4 is 0 Å². The minimum absolute atomic E-state index is 0. The summed E-state index contributed by atoms with van der Waals surface area (Å²) in [6.45, 7) is 2.20. The predicted octanol–water partition coefficient (Wildman–Crippen LogP) is 4.50. The summed E-state index contributed by atoms with van der Waals surface area (Å²) < 4.78 is 13.1. The van der Waals surface area contributed by atoms with Crippen molar-refractivity contribution in [2.45, 2.75) is 59.0 Å². The molecule has 1 aliphatic rings. The van der Waals surface area contributed by atoms with Gasteiger partial charge < -0.3 is 5.11 Å². The third-order valence-electron chi connectivity index (χ3n) is 4.03. The maximum atomic E-state index is 13.1. The first-order valence-corrected chi connectivity index (χ1v) is 6.99. The van der Waals surface area contributed by atoms with E-state index in [1.165, 1.54) is 37.9 Å². The van der Waals surface area contributed by atoms with E-state index in [0.29, 0.717) is 5.56 Å². The molecular weight excluding hydrogens is 241 g/mol. The first kappa shape index (κ1) is 16.1. The van der Waals surface area contributed by atoms with E-state index in [4.69, 9.17) is 0 Å². The molecule has 0 unspecified atom stereocenters. The summed E-state index contributed by atoms with van der Waals surface area (Å²) in [5.74, 6) is 0.622. The van der Waals surface area contributed by atoms with Gasteiger partial charge in [0.2, 0.25) is 0 Å². The molecule has 3 heteroatoms. The van der Waals surface area contributed by atoms with Crippen LogP contribution in [-0.4, -0.2) is 10.1 Å². The van der Waals surface area contributed by atoms with Gasteiger partial charge >= 0.3 is 0 Å². The lowest BCUT2D eigenvalue weighted by atomic mass is 9.76. The fourth-order valence-corrected chi connectivity index (χ4v) is 3.15. The van der Waals surface area contributed by atoms with E-state index in [1.54, 1.807) is 6.20 Å². The Morgan fingerprint density at radius 2 is 2.21 bits per heavy atom. The van der Waals surface area contributed by atoms with Crippen molar-refractivity contribution < 1.29 is 9.50 Å². The number of hydrogen-bond acceptors (Lipinski definition) is 2. The maximum Gasteiger partial charge on any atom is 0.141 e. The van der Waals surface area contributed by atoms with Gasteiger partial charge in [0.15, 0.2) is 0 Å². The highest BCUT2D eigenvalue weighted by atomic mass is 19.1. The van der Waals surface area contributed by atoms with Crippen molar-refractivity contribution in [3.05, 3.63) is 29.8 Å². The van der Waals surface area contributed by atoms with E-state index in [2.05, 4.69) is 11.9 Å². The van der Waals surface area contributed by atoms with Gasteiger partial charge in [0.1, 0.15) is 5.82 Å². The molecular formula is C16H26FNO. The minimum atomic E-state index is -0.562. The number of halogens is 1. The smallest absolute Gasteiger partial charge is 0.141 e. The summed E-state index contributed by atoms with van der Waals surface area (Å²) in [4.78, 5) is 3.82. The number of rotatable bonds is 4. The van der Waals surface area contributed by atoms with E-state index in [9.17, 15) is 9.50 Å². The van der Waals surface area contributed by atoms with Crippen molar-refractivity contribution in [1.82, 2.24) is 4.98 Å². The fraction of sp³-hybridized carbons (Fsp3) is 0.688. The van der Waals surface area contributed by atoms with Gasteiger partial charge in [-0.1, -0.05) is 40.0 Å². The molecule has 1 heterocycles. The summed E-state index contributed by atoms with van der Waals surface area (Å²) in [5.41, 5.74) is 0.622. The summed E-state index contributed by atoms with van der Waals surface area (Å²) in [6.07, 6.45) is 9.19. The molecule has 19 heavy (non-hydrogen) atoms. The topological polar surface area (TPSA) is 33.1 Å². The zero-order valence-electron chi connectivity index (χ0n) is 11.0. The van der Waals surface area contributed by atoms with Crippen LogP contribution in [0.2, 0.25) is 0 Å². The molecule has 2 nitrogen and oxygen atoms in total. The van der Waals surface area contributed by atoms with Gasteiger partial charge in [0.25, 0.3) is 0 Å². The average molecular weight is 267 g/mol. The fourth-order valence-electron chi connectivity index (χ4n) is 3.15. The lowest BCUT2D eigenvalue weighted by molar-refractivity contribution is 0.0663. The Labute approximate surface area is 116 Å². The monoisotopic (exact) mass is 267 g/mol. The summed E-state index contributed by atoms with van der Waals surface area (Å²) in [5, 5.41) is 10.3. The lowest BCUT2D eigenvalue weighted by Crippen LogP contribution is -2.21. The van der Waals surface area contributed by atoms with Crippen LogP contribution in [0.5, 0.6) is 0 Å². The first-order chi connectivity index (χ1) is 8.70. The molecule has 0 radical (unpaired) electrons. The Bertz CT molecular complexity index is 381. The van der Waals surface area contributed by atoms with Crippen LogP contribution in [0.25, 0.3) is 0 Å². The number of aromatic nitrogens is 1. The minimum Gasteiger partial charge on any atom is -0.388 e. The van der Waals surface area contributed by atoms with Crippen LogP contribution in [0.3, 0.4) is 0 Å². The molecule has 2 rings (SSSR count). The van der Waals surface area contributed by atoms with E-state index < -0.39 is 6.10 Å². The molecule has 1 N–H and O–H groups in total. The molecule has 3 atom stereocenters. The summed E-state index contributed by atoms with van der Waals surface area (Å²) >= 11 is 0. The van der Waals surface area contributed by atoms with Crippen LogP contribution in [0.4, 0.5) is 4.39 Å².